The summed E-state index contributed by atoms with van der Waals surface area (Å²) in [6, 6.07) is 39.6. The lowest BCUT2D eigenvalue weighted by Crippen LogP contribution is -2.41. The summed E-state index contributed by atoms with van der Waals surface area (Å²) in [5.41, 5.74) is 8.30. The molecule has 2 aromatic heterocycles. The van der Waals surface area contributed by atoms with Crippen LogP contribution in [0.4, 0.5) is 4.79 Å². The minimum absolute atomic E-state index is 0.0957. The van der Waals surface area contributed by atoms with Crippen LogP contribution in [0.2, 0.25) is 0 Å². The second-order valence-electron chi connectivity index (χ2n) is 12.6. The molecule has 1 atom stereocenters. The number of carboxylic acid groups (broad SMARTS) is 1. The first-order valence-corrected chi connectivity index (χ1v) is 16.8. The second kappa shape index (κ2) is 14.7. The smallest absolute Gasteiger partial charge is 0.407 e. The summed E-state index contributed by atoms with van der Waals surface area (Å²) >= 11 is 0. The number of carboxylic acids is 1. The number of amides is 1. The molecule has 1 aliphatic rings. The average Bonchev–Trinajstić information content (AvgIpc) is 3.45. The Morgan fingerprint density at radius 1 is 0.694 bits per heavy atom. The number of alkyl carbamates (subject to hydrolysis) is 1. The highest BCUT2D eigenvalue weighted by Gasteiger charge is 2.29. The van der Waals surface area contributed by atoms with Gasteiger partial charge >= 0.3 is 12.1 Å². The van der Waals surface area contributed by atoms with Crippen molar-refractivity contribution >= 4 is 33.9 Å². The van der Waals surface area contributed by atoms with Gasteiger partial charge in [-0.25, -0.2) is 9.59 Å². The molecule has 1 aliphatic carbocycles. The fraction of sp³-hybridized carbons (Fsp3) is 0.220. The predicted octanol–water partition coefficient (Wildman–Crippen LogP) is 7.95. The minimum Gasteiger partial charge on any atom is -0.480 e. The summed E-state index contributed by atoms with van der Waals surface area (Å²) in [5, 5.41) is 14.7. The van der Waals surface area contributed by atoms with Gasteiger partial charge in [0.15, 0.2) is 0 Å². The van der Waals surface area contributed by atoms with Gasteiger partial charge in [-0.3, -0.25) is 14.9 Å². The van der Waals surface area contributed by atoms with Crippen LogP contribution in [0, 0.1) is 0 Å². The monoisotopic (exact) mass is 650 g/mol. The number of pyridine rings is 2. The highest BCUT2D eigenvalue weighted by molar-refractivity contribution is 5.81. The summed E-state index contributed by atoms with van der Waals surface area (Å²) in [7, 11) is 0. The number of hydrogen-bond acceptors (Lipinski definition) is 6. The maximum Gasteiger partial charge on any atom is 0.407 e. The number of hydrogen-bond donors (Lipinski definition) is 2. The van der Waals surface area contributed by atoms with E-state index in [1.54, 1.807) is 0 Å². The summed E-state index contributed by atoms with van der Waals surface area (Å²) in [4.78, 5) is 37.1. The molecule has 49 heavy (non-hydrogen) atoms. The molecule has 0 saturated carbocycles. The third kappa shape index (κ3) is 7.45. The molecule has 0 bridgehead atoms. The lowest BCUT2D eigenvalue weighted by Gasteiger charge is -2.22. The van der Waals surface area contributed by atoms with E-state index >= 15 is 0 Å². The van der Waals surface area contributed by atoms with E-state index in [4.69, 9.17) is 14.7 Å². The summed E-state index contributed by atoms with van der Waals surface area (Å²) in [6.07, 6.45) is 0.904. The van der Waals surface area contributed by atoms with Crippen molar-refractivity contribution in [3.8, 4) is 11.1 Å². The van der Waals surface area contributed by atoms with E-state index in [0.29, 0.717) is 26.1 Å². The SMILES string of the molecule is O=C(N[C@@H](CCCCN(Cc1ccc2ccccc2n1)Cc1ccc2ccccc2n1)C(=O)O)OCC1c2ccccc2-c2ccccc21. The molecule has 246 valence electrons. The van der Waals surface area contributed by atoms with Crippen molar-refractivity contribution in [2.45, 2.75) is 44.3 Å². The average molecular weight is 651 g/mol. The summed E-state index contributed by atoms with van der Waals surface area (Å²) in [6.45, 7) is 2.09. The first-order chi connectivity index (χ1) is 24.0. The number of nitrogens with zero attached hydrogens (tertiary/aromatic N) is 3. The van der Waals surface area contributed by atoms with Crippen LogP contribution in [0.1, 0.15) is 47.7 Å². The second-order valence-corrected chi connectivity index (χ2v) is 12.6. The fourth-order valence-corrected chi connectivity index (χ4v) is 6.79. The highest BCUT2D eigenvalue weighted by atomic mass is 16.5. The van der Waals surface area contributed by atoms with E-state index < -0.39 is 18.1 Å². The first kappa shape index (κ1) is 32.0. The molecule has 0 saturated heterocycles. The minimum atomic E-state index is -1.08. The molecule has 0 spiro atoms. The molecular formula is C41H38N4O4. The molecule has 6 aromatic rings. The van der Waals surface area contributed by atoms with E-state index in [2.05, 4.69) is 70.9 Å². The third-order valence-electron chi connectivity index (χ3n) is 9.23. The van der Waals surface area contributed by atoms with Crippen LogP contribution in [0.5, 0.6) is 0 Å². The van der Waals surface area contributed by atoms with Crippen LogP contribution in [0.3, 0.4) is 0 Å². The molecular weight excluding hydrogens is 612 g/mol. The van der Waals surface area contributed by atoms with Gasteiger partial charge in [-0.15, -0.1) is 0 Å². The number of nitrogens with one attached hydrogen (secondary N) is 1. The van der Waals surface area contributed by atoms with Crippen LogP contribution in [0.25, 0.3) is 32.9 Å². The number of fused-ring (bicyclic) bond motifs is 5. The van der Waals surface area contributed by atoms with Crippen molar-refractivity contribution in [1.29, 1.82) is 0 Å². The molecule has 8 nitrogen and oxygen atoms in total. The van der Waals surface area contributed by atoms with E-state index in [1.165, 1.54) is 0 Å². The Morgan fingerprint density at radius 2 is 1.22 bits per heavy atom. The van der Waals surface area contributed by atoms with Gasteiger partial charge in [-0.05, 0) is 72.3 Å². The van der Waals surface area contributed by atoms with Gasteiger partial charge in [0, 0.05) is 29.8 Å². The van der Waals surface area contributed by atoms with E-state index in [1.807, 2.05) is 60.7 Å². The molecule has 1 amide bonds. The van der Waals surface area contributed by atoms with Crippen LogP contribution in [-0.4, -0.2) is 51.2 Å². The number of rotatable bonds is 13. The number of ether oxygens (including phenoxy) is 1. The third-order valence-corrected chi connectivity index (χ3v) is 9.23. The van der Waals surface area contributed by atoms with Gasteiger partial charge in [-0.1, -0.05) is 97.1 Å². The quantitative estimate of drug-likeness (QED) is 0.122. The number of carbonyl (C=O) groups is 2. The van der Waals surface area contributed by atoms with E-state index in [-0.39, 0.29) is 18.9 Å². The van der Waals surface area contributed by atoms with Crippen LogP contribution in [0.15, 0.2) is 121 Å². The largest absolute Gasteiger partial charge is 0.480 e. The Hall–Kier alpha value is -5.60. The molecule has 0 unspecified atom stereocenters. The van der Waals surface area contributed by atoms with Gasteiger partial charge in [-0.2, -0.15) is 0 Å². The number of unbranched alkanes of at least 4 members (excludes halogenated alkanes) is 1. The number of aromatic nitrogens is 2. The van der Waals surface area contributed by atoms with Crippen molar-refractivity contribution in [3.63, 3.8) is 0 Å². The number of carbonyl (C=O) groups excluding carboxylic acids is 1. The van der Waals surface area contributed by atoms with E-state index in [0.717, 1.165) is 61.9 Å². The Balaban J connectivity index is 0.964. The molecule has 4 aromatic carbocycles. The Labute approximate surface area is 285 Å². The van der Waals surface area contributed by atoms with Crippen LogP contribution >= 0.6 is 0 Å². The molecule has 2 N–H and O–H groups in total. The normalized spacial score (nSPS) is 12.9. The van der Waals surface area contributed by atoms with Gasteiger partial charge in [0.2, 0.25) is 0 Å². The Bertz CT molecular complexity index is 1990. The maximum atomic E-state index is 12.9. The zero-order chi connectivity index (χ0) is 33.6. The van der Waals surface area contributed by atoms with Crippen LogP contribution in [-0.2, 0) is 22.6 Å². The Morgan fingerprint density at radius 3 is 1.80 bits per heavy atom. The first-order valence-electron chi connectivity index (χ1n) is 16.8. The number of benzene rings is 4. The van der Waals surface area contributed by atoms with Crippen molar-refractivity contribution in [3.05, 3.63) is 144 Å². The topological polar surface area (TPSA) is 105 Å². The number of aliphatic carboxylic acids is 1. The van der Waals surface area contributed by atoms with E-state index in [9.17, 15) is 14.7 Å². The fourth-order valence-electron chi connectivity index (χ4n) is 6.79. The van der Waals surface area contributed by atoms with Gasteiger partial charge < -0.3 is 15.2 Å². The zero-order valence-electron chi connectivity index (χ0n) is 27.2. The zero-order valence-corrected chi connectivity index (χ0v) is 27.2. The standard InChI is InChI=1S/C41H38N4O4/c46-40(47)39(44-41(48)49-27-36-34-15-5-3-13-32(34)33-14-4-6-16-35(33)36)19-9-10-24-45(25-30-22-20-28-11-1-7-17-37(28)42-30)26-31-23-21-29-12-2-8-18-38(29)43-31/h1-8,11-18,20-23,36,39H,9-10,19,24-27H2,(H,44,48)(H,46,47)/t39-/m0/s1. The van der Waals surface area contributed by atoms with Gasteiger partial charge in [0.1, 0.15) is 12.6 Å². The van der Waals surface area contributed by atoms with Crippen LogP contribution < -0.4 is 5.32 Å². The predicted molar refractivity (Wildman–Crippen MR) is 191 cm³/mol. The van der Waals surface area contributed by atoms with Crippen molar-refractivity contribution in [1.82, 2.24) is 20.2 Å². The molecule has 8 heteroatoms. The maximum absolute atomic E-state index is 12.9. The molecule has 0 radical (unpaired) electrons. The lowest BCUT2D eigenvalue weighted by atomic mass is 9.98. The number of para-hydroxylation sites is 2. The molecule has 2 heterocycles. The highest BCUT2D eigenvalue weighted by Crippen LogP contribution is 2.44. The summed E-state index contributed by atoms with van der Waals surface area (Å²) < 4.78 is 5.62. The van der Waals surface area contributed by atoms with Crippen molar-refractivity contribution in [2.24, 2.45) is 0 Å². The molecule has 7 rings (SSSR count). The molecule has 0 aliphatic heterocycles. The van der Waals surface area contributed by atoms with Gasteiger partial charge in [0.05, 0.1) is 22.4 Å². The lowest BCUT2D eigenvalue weighted by molar-refractivity contribution is -0.139. The Kier molecular flexibility index (Phi) is 9.57. The molecule has 0 fully saturated rings. The van der Waals surface area contributed by atoms with Gasteiger partial charge in [0.25, 0.3) is 0 Å². The van der Waals surface area contributed by atoms with Crippen molar-refractivity contribution < 1.29 is 19.4 Å². The summed E-state index contributed by atoms with van der Waals surface area (Å²) in [5.74, 6) is -1.17. The van der Waals surface area contributed by atoms with Crippen molar-refractivity contribution in [2.75, 3.05) is 13.2 Å².